The largest absolute Gasteiger partial charge is 0.325 e. The molecule has 1 aromatic heterocycles. The second-order valence-electron chi connectivity index (χ2n) is 4.50. The smallest absolute Gasteiger partial charge is 0.251 e. The zero-order chi connectivity index (χ0) is 15.4. The summed E-state index contributed by atoms with van der Waals surface area (Å²) in [7, 11) is 0. The van der Waals surface area contributed by atoms with E-state index < -0.39 is 0 Å². The zero-order valence-electron chi connectivity index (χ0n) is 11.3. The number of aromatic nitrogens is 1. The van der Waals surface area contributed by atoms with Gasteiger partial charge in [-0.05, 0) is 25.1 Å². The number of carbonyl (C=O) groups excluding carboxylic acids is 2. The normalized spacial score (nSPS) is 10.2. The molecule has 0 bridgehead atoms. The second-order valence-corrected chi connectivity index (χ2v) is 4.94. The lowest BCUT2D eigenvalue weighted by molar-refractivity contribution is -0.116. The van der Waals surface area contributed by atoms with Gasteiger partial charge in [0.2, 0.25) is 5.91 Å². The number of nitrogens with zero attached hydrogens (tertiary/aromatic N) is 1. The number of benzene rings is 1. The van der Waals surface area contributed by atoms with Gasteiger partial charge in [0.05, 0.1) is 5.02 Å². The van der Waals surface area contributed by atoms with Gasteiger partial charge in [-0.2, -0.15) is 0 Å². The highest BCUT2D eigenvalue weighted by atomic mass is 35.5. The second kappa shape index (κ2) is 6.37. The zero-order valence-corrected chi connectivity index (χ0v) is 12.1. The quantitative estimate of drug-likeness (QED) is 0.882. The van der Waals surface area contributed by atoms with Gasteiger partial charge in [-0.15, -0.1) is 0 Å². The molecule has 1 aromatic carbocycles. The first kappa shape index (κ1) is 15.0. The van der Waals surface area contributed by atoms with Crippen LogP contribution in [0.25, 0.3) is 0 Å². The van der Waals surface area contributed by atoms with Crippen LogP contribution in [0, 0.1) is 0 Å². The molecule has 5 nitrogen and oxygen atoms in total. The first-order valence-electron chi connectivity index (χ1n) is 6.22. The third kappa shape index (κ3) is 4.03. The molecule has 1 N–H and O–H groups in total. The van der Waals surface area contributed by atoms with Crippen molar-refractivity contribution in [3.05, 3.63) is 63.5 Å². The number of hydrogen-bond acceptors (Lipinski definition) is 3. The van der Waals surface area contributed by atoms with Crippen molar-refractivity contribution in [2.45, 2.75) is 13.5 Å². The molecule has 0 aliphatic rings. The van der Waals surface area contributed by atoms with E-state index in [9.17, 15) is 14.4 Å². The Balaban J connectivity index is 2.11. The van der Waals surface area contributed by atoms with E-state index in [2.05, 4.69) is 5.32 Å². The summed E-state index contributed by atoms with van der Waals surface area (Å²) in [6.45, 7) is 1.30. The van der Waals surface area contributed by atoms with Crippen molar-refractivity contribution in [1.82, 2.24) is 4.57 Å². The van der Waals surface area contributed by atoms with Gasteiger partial charge in [-0.25, -0.2) is 0 Å². The Hall–Kier alpha value is -2.40. The Morgan fingerprint density at radius 3 is 2.71 bits per heavy atom. The summed E-state index contributed by atoms with van der Waals surface area (Å²) in [5, 5.41) is 3.01. The summed E-state index contributed by atoms with van der Waals surface area (Å²) in [5.74, 6) is -0.461. The Morgan fingerprint density at radius 2 is 2.00 bits per heavy atom. The molecule has 0 aliphatic heterocycles. The van der Waals surface area contributed by atoms with Gasteiger partial charge in [0.1, 0.15) is 6.54 Å². The molecule has 2 rings (SSSR count). The molecule has 0 saturated carbocycles. The lowest BCUT2D eigenvalue weighted by Crippen LogP contribution is -2.26. The number of anilines is 1. The molecule has 0 fully saturated rings. The van der Waals surface area contributed by atoms with Crippen molar-refractivity contribution in [3.8, 4) is 0 Å². The van der Waals surface area contributed by atoms with E-state index in [1.54, 1.807) is 24.3 Å². The Labute approximate surface area is 126 Å². The van der Waals surface area contributed by atoms with Crippen LogP contribution in [0.4, 0.5) is 5.69 Å². The van der Waals surface area contributed by atoms with Crippen LogP contribution in [0.1, 0.15) is 17.3 Å². The number of Topliss-reactive ketones (excluding diaryl/α,β-unsaturated/α-hetero) is 1. The lowest BCUT2D eigenvalue weighted by Gasteiger charge is -2.08. The van der Waals surface area contributed by atoms with Gasteiger partial charge in [0.15, 0.2) is 5.78 Å². The van der Waals surface area contributed by atoms with Gasteiger partial charge in [0.25, 0.3) is 5.56 Å². The Morgan fingerprint density at radius 1 is 1.24 bits per heavy atom. The van der Waals surface area contributed by atoms with E-state index in [1.165, 1.54) is 29.8 Å². The summed E-state index contributed by atoms with van der Waals surface area (Å²) < 4.78 is 1.21. The number of pyridine rings is 1. The average Bonchev–Trinajstić information content (AvgIpc) is 2.43. The standard InChI is InChI=1S/C15H13ClN2O3/c1-10(19)11-3-2-4-13(7-11)17-14(20)9-18-8-12(16)5-6-15(18)21/h2-8H,9H2,1H3,(H,17,20). The predicted molar refractivity (Wildman–Crippen MR) is 80.8 cm³/mol. The van der Waals surface area contributed by atoms with E-state index in [-0.39, 0.29) is 23.8 Å². The molecule has 6 heteroatoms. The van der Waals surface area contributed by atoms with E-state index in [0.717, 1.165) is 0 Å². The van der Waals surface area contributed by atoms with Crippen LogP contribution in [0.2, 0.25) is 5.02 Å². The van der Waals surface area contributed by atoms with Gasteiger partial charge in [-0.1, -0.05) is 23.7 Å². The highest BCUT2D eigenvalue weighted by Crippen LogP contribution is 2.11. The number of halogens is 1. The number of carbonyl (C=O) groups is 2. The molecule has 0 aliphatic carbocycles. The van der Waals surface area contributed by atoms with Crippen LogP contribution in [-0.4, -0.2) is 16.3 Å². The third-order valence-corrected chi connectivity index (χ3v) is 3.04. The molecular formula is C15H13ClN2O3. The van der Waals surface area contributed by atoms with Gasteiger partial charge < -0.3 is 9.88 Å². The van der Waals surface area contributed by atoms with Crippen molar-refractivity contribution in [1.29, 1.82) is 0 Å². The van der Waals surface area contributed by atoms with E-state index >= 15 is 0 Å². The maximum absolute atomic E-state index is 11.9. The molecule has 0 saturated heterocycles. The molecule has 108 valence electrons. The summed E-state index contributed by atoms with van der Waals surface area (Å²) in [5.41, 5.74) is 0.697. The van der Waals surface area contributed by atoms with Gasteiger partial charge in [-0.3, -0.25) is 14.4 Å². The number of nitrogens with one attached hydrogen (secondary N) is 1. The molecule has 0 unspecified atom stereocenters. The minimum Gasteiger partial charge on any atom is -0.325 e. The maximum Gasteiger partial charge on any atom is 0.251 e. The predicted octanol–water partition coefficient (Wildman–Crippen LogP) is 2.34. The van der Waals surface area contributed by atoms with Crippen molar-refractivity contribution >= 4 is 29.0 Å². The van der Waals surface area contributed by atoms with Crippen LogP contribution < -0.4 is 10.9 Å². The number of rotatable bonds is 4. The van der Waals surface area contributed by atoms with Crippen LogP contribution in [-0.2, 0) is 11.3 Å². The fraction of sp³-hybridized carbons (Fsp3) is 0.133. The molecule has 0 spiro atoms. The van der Waals surface area contributed by atoms with Gasteiger partial charge in [0, 0.05) is 23.5 Å². The van der Waals surface area contributed by atoms with Crippen molar-refractivity contribution in [3.63, 3.8) is 0 Å². The maximum atomic E-state index is 11.9. The molecule has 21 heavy (non-hydrogen) atoms. The van der Waals surface area contributed by atoms with Crippen LogP contribution in [0.5, 0.6) is 0 Å². The van der Waals surface area contributed by atoms with Crippen LogP contribution in [0.3, 0.4) is 0 Å². The van der Waals surface area contributed by atoms with E-state index in [1.807, 2.05) is 0 Å². The lowest BCUT2D eigenvalue weighted by atomic mass is 10.1. The first-order valence-corrected chi connectivity index (χ1v) is 6.60. The third-order valence-electron chi connectivity index (χ3n) is 2.81. The molecule has 0 atom stereocenters. The molecular weight excluding hydrogens is 292 g/mol. The summed E-state index contributed by atoms with van der Waals surface area (Å²) in [6.07, 6.45) is 1.40. The van der Waals surface area contributed by atoms with Crippen molar-refractivity contribution in [2.24, 2.45) is 0 Å². The molecule has 0 radical (unpaired) electrons. The summed E-state index contributed by atoms with van der Waals surface area (Å²) in [6, 6.07) is 9.37. The molecule has 2 aromatic rings. The topological polar surface area (TPSA) is 68.2 Å². The molecule has 1 heterocycles. The number of amides is 1. The van der Waals surface area contributed by atoms with Gasteiger partial charge >= 0.3 is 0 Å². The van der Waals surface area contributed by atoms with Crippen LogP contribution >= 0.6 is 11.6 Å². The summed E-state index contributed by atoms with van der Waals surface area (Å²) in [4.78, 5) is 34.8. The van der Waals surface area contributed by atoms with E-state index in [4.69, 9.17) is 11.6 Å². The Bertz CT molecular complexity index is 753. The SMILES string of the molecule is CC(=O)c1cccc(NC(=O)Cn2cc(Cl)ccc2=O)c1. The highest BCUT2D eigenvalue weighted by molar-refractivity contribution is 6.30. The van der Waals surface area contributed by atoms with Crippen molar-refractivity contribution in [2.75, 3.05) is 5.32 Å². The monoisotopic (exact) mass is 304 g/mol. The summed E-state index contributed by atoms with van der Waals surface area (Å²) >= 11 is 5.79. The average molecular weight is 305 g/mol. The number of hydrogen-bond donors (Lipinski definition) is 1. The minimum absolute atomic E-state index is 0.0860. The van der Waals surface area contributed by atoms with E-state index in [0.29, 0.717) is 16.3 Å². The van der Waals surface area contributed by atoms with Crippen LogP contribution in [0.15, 0.2) is 47.4 Å². The fourth-order valence-electron chi connectivity index (χ4n) is 1.80. The van der Waals surface area contributed by atoms with Crippen molar-refractivity contribution < 1.29 is 9.59 Å². The Kier molecular flexibility index (Phi) is 4.55. The fourth-order valence-corrected chi connectivity index (χ4v) is 1.98. The minimum atomic E-state index is -0.375. The first-order chi connectivity index (χ1) is 9.95. The number of ketones is 1. The molecule has 1 amide bonds. The highest BCUT2D eigenvalue weighted by Gasteiger charge is 2.07.